The first-order chi connectivity index (χ1) is 28.4. The molecule has 6 bridgehead atoms. The van der Waals surface area contributed by atoms with Gasteiger partial charge in [-0.25, -0.2) is 103 Å². The lowest BCUT2D eigenvalue weighted by molar-refractivity contribution is -0.792. The zero-order valence-electron chi connectivity index (χ0n) is 38.3. The Morgan fingerprint density at radius 1 is 0.270 bits per heavy atom. The van der Waals surface area contributed by atoms with Gasteiger partial charge in [0.1, 0.15) is 0 Å². The molecule has 5 aliphatic rings. The Hall–Kier alpha value is -4.47. The predicted molar refractivity (Wildman–Crippen MR) is 222 cm³/mol. The predicted octanol–water partition coefficient (Wildman–Crippen LogP) is -1.70. The van der Waals surface area contributed by atoms with Crippen molar-refractivity contribution >= 4 is 22.8 Å². The molecule has 0 aromatic carbocycles. The van der Waals surface area contributed by atoms with Crippen LogP contribution >= 0.6 is 22.8 Å². The SMILES string of the molecule is CN(C)P(=O)(N(C)C)N(C)C.CN(C)P(=O)(N(C)C)N(C)C.CN(C)P(=O)(N(C)C)N(C)C.O=[N+]([O-])N1C2C3N([N+](=O)[O-])[C@H]4[C@@H](N3[N+](=O)[O-])N([N+](=O)[O-])[C@@H]1[C@@H](N2[N+](=O)[O-])N4[N+](=O)[O-]. The molecule has 5 aliphatic heterocycles. The smallest absolute Gasteiger partial charge is 0.270 e. The van der Waals surface area contributed by atoms with Crippen LogP contribution in [0.3, 0.4) is 0 Å². The molecular weight excluding hydrogens is 915 g/mol. The number of hydrogen-bond acceptors (Lipinski definition) is 15. The van der Waals surface area contributed by atoms with Gasteiger partial charge in [0, 0.05) is 0 Å². The van der Waals surface area contributed by atoms with Gasteiger partial charge in [-0.3, -0.25) is 13.7 Å². The second-order valence-corrected chi connectivity index (χ2v) is 25.6. The molecule has 0 spiro atoms. The third kappa shape index (κ3) is 9.95. The van der Waals surface area contributed by atoms with Crippen LogP contribution in [0.2, 0.25) is 0 Å². The van der Waals surface area contributed by atoms with E-state index in [1.807, 2.05) is 127 Å². The monoisotopic (exact) mass is 975 g/mol. The summed E-state index contributed by atoms with van der Waals surface area (Å²) in [7, 11) is 25.5. The minimum Gasteiger partial charge on any atom is -0.270 e. The highest BCUT2D eigenvalue weighted by atomic mass is 31.2. The van der Waals surface area contributed by atoms with Gasteiger partial charge in [0.25, 0.3) is 59.8 Å². The van der Waals surface area contributed by atoms with Crippen LogP contribution < -0.4 is 0 Å². The first kappa shape index (κ1) is 56.5. The lowest BCUT2D eigenvalue weighted by Crippen LogP contribution is -2.77. The first-order valence-corrected chi connectivity index (χ1v) is 22.6. The van der Waals surface area contributed by atoms with E-state index >= 15 is 0 Å². The Balaban J connectivity index is 0.000000497. The minimum absolute atomic E-state index is 0.180. The van der Waals surface area contributed by atoms with Crippen molar-refractivity contribution in [2.24, 2.45) is 0 Å². The molecule has 0 aromatic heterocycles. The number of nitro groups is 6. The van der Waals surface area contributed by atoms with Crippen LogP contribution in [0.15, 0.2) is 0 Å². The third-order valence-electron chi connectivity index (χ3n) is 9.87. The largest absolute Gasteiger partial charge is 0.285 e. The molecule has 5 fully saturated rings. The zero-order valence-corrected chi connectivity index (χ0v) is 41.0. The van der Waals surface area contributed by atoms with Crippen molar-refractivity contribution in [2.75, 3.05) is 127 Å². The van der Waals surface area contributed by atoms with Gasteiger partial charge >= 0.3 is 0 Å². The average Bonchev–Trinajstić information content (AvgIpc) is 3.59. The highest BCUT2D eigenvalue weighted by molar-refractivity contribution is 7.57. The fourth-order valence-corrected chi connectivity index (χ4v) is 14.1. The van der Waals surface area contributed by atoms with Crippen molar-refractivity contribution in [1.82, 2.24) is 72.1 Å². The van der Waals surface area contributed by atoms with E-state index in [2.05, 4.69) is 0 Å². The van der Waals surface area contributed by atoms with Gasteiger partial charge in [0.15, 0.2) is 30.2 Å². The Bertz CT molecular complexity index is 1560. The Morgan fingerprint density at radius 2 is 0.349 bits per heavy atom. The maximum Gasteiger partial charge on any atom is 0.285 e. The molecule has 0 atom stereocenters. The van der Waals surface area contributed by atoms with E-state index in [-0.39, 0.29) is 30.1 Å². The van der Waals surface area contributed by atoms with Crippen molar-refractivity contribution in [2.45, 2.75) is 37.0 Å². The molecule has 36 nitrogen and oxygen atoms in total. The van der Waals surface area contributed by atoms with E-state index in [1.165, 1.54) is 0 Å². The highest BCUT2D eigenvalue weighted by Crippen LogP contribution is 2.53. The van der Waals surface area contributed by atoms with Crippen LogP contribution in [0.25, 0.3) is 0 Å². The lowest BCUT2D eigenvalue weighted by Gasteiger charge is -2.39. The van der Waals surface area contributed by atoms with Crippen LogP contribution in [0.1, 0.15) is 0 Å². The van der Waals surface area contributed by atoms with Gasteiger partial charge in [-0.05, 0) is 127 Å². The summed E-state index contributed by atoms with van der Waals surface area (Å²) < 4.78 is 52.0. The number of piperazine rings is 1. The standard InChI is InChI=1S/C6H6N12O12.3C6H18N3OP/c19-13(20)7-1-2-8(14(21)22)5(7)6-9(15(23)24)3(11(1)17(27)28)4(10(6)16(25)26)12(2)18(29)30;3*1-7(2)11(10,8(3)4)9(5)6/h1-6H;3*1-6H3/t1-,2+,3+,4-,5?,6?;;;. The average molecular weight is 976 g/mol. The Labute approximate surface area is 363 Å². The molecule has 39 heteroatoms. The second kappa shape index (κ2) is 20.6. The van der Waals surface area contributed by atoms with Crippen molar-refractivity contribution in [3.8, 4) is 0 Å². The molecule has 0 aliphatic carbocycles. The van der Waals surface area contributed by atoms with Crippen molar-refractivity contribution < 1.29 is 43.9 Å². The van der Waals surface area contributed by atoms with Gasteiger partial charge in [0.05, 0.1) is 0 Å². The summed E-state index contributed by atoms with van der Waals surface area (Å²) in [6.07, 6.45) is -14.4. The summed E-state index contributed by atoms with van der Waals surface area (Å²) in [6, 6.07) is 0. The minimum atomic E-state index is -2.47. The van der Waals surface area contributed by atoms with Crippen molar-refractivity contribution in [3.63, 3.8) is 0 Å². The Kier molecular flexibility index (Phi) is 18.5. The summed E-state index contributed by atoms with van der Waals surface area (Å²) in [5, 5.41) is 60.5. The van der Waals surface area contributed by atoms with Crippen LogP contribution in [0.5, 0.6) is 0 Å². The molecule has 5 saturated heterocycles. The molecular formula is C24H60N21O15P3. The summed E-state index contributed by atoms with van der Waals surface area (Å²) in [5.41, 5.74) is 0. The quantitative estimate of drug-likeness (QED) is 0.100. The van der Waals surface area contributed by atoms with E-state index in [4.69, 9.17) is 0 Å². The normalized spacial score (nSPS) is 22.9. The number of hydrogen-bond donors (Lipinski definition) is 0. The van der Waals surface area contributed by atoms with E-state index in [9.17, 15) is 74.4 Å². The van der Waals surface area contributed by atoms with Crippen LogP contribution in [-0.4, -0.2) is 266 Å². The number of rotatable bonds is 15. The molecule has 0 unspecified atom stereocenters. The maximum atomic E-state index is 12.1. The zero-order chi connectivity index (χ0) is 50.1. The molecule has 0 amide bonds. The summed E-state index contributed by atoms with van der Waals surface area (Å²) in [4.78, 5) is 69.9. The van der Waals surface area contributed by atoms with Crippen LogP contribution in [0.4, 0.5) is 0 Å². The maximum absolute atomic E-state index is 12.1. The molecule has 63 heavy (non-hydrogen) atoms. The first-order valence-electron chi connectivity index (χ1n) is 17.9. The van der Waals surface area contributed by atoms with Crippen molar-refractivity contribution in [3.05, 3.63) is 60.7 Å². The van der Waals surface area contributed by atoms with E-state index < -0.39 is 90.0 Å². The van der Waals surface area contributed by atoms with Gasteiger partial charge < -0.3 is 0 Å². The lowest BCUT2D eigenvalue weighted by atomic mass is 10.2. The molecule has 0 N–H and O–H groups in total. The van der Waals surface area contributed by atoms with Crippen LogP contribution in [0, 0.1) is 60.7 Å². The fraction of sp³-hybridized carbons (Fsp3) is 1.00. The van der Waals surface area contributed by atoms with E-state index in [0.29, 0.717) is 0 Å². The van der Waals surface area contributed by atoms with E-state index in [0.717, 1.165) is 0 Å². The second-order valence-electron chi connectivity index (χ2n) is 15.4. The number of hydrazine groups is 6. The molecule has 0 aromatic rings. The van der Waals surface area contributed by atoms with Gasteiger partial charge in [-0.1, -0.05) is 30.1 Å². The molecule has 5 rings (SSSR count). The summed E-state index contributed by atoms with van der Waals surface area (Å²) in [6.45, 7) is 0. The third-order valence-corrected chi connectivity index (χ3v) is 19.3. The van der Waals surface area contributed by atoms with Gasteiger partial charge in [0.2, 0.25) is 0 Å². The highest BCUT2D eigenvalue weighted by Gasteiger charge is 2.89. The summed E-state index contributed by atoms with van der Waals surface area (Å²) >= 11 is 0. The van der Waals surface area contributed by atoms with Crippen LogP contribution in [-0.2, 0) is 13.7 Å². The fourth-order valence-electron chi connectivity index (χ4n) is 7.68. The van der Waals surface area contributed by atoms with E-state index in [1.54, 1.807) is 42.0 Å². The van der Waals surface area contributed by atoms with Gasteiger partial charge in [-0.2, -0.15) is 0 Å². The number of nitrogens with zero attached hydrogens (tertiary/aromatic N) is 21. The van der Waals surface area contributed by atoms with Gasteiger partial charge in [-0.15, -0.1) is 0 Å². The molecule has 0 radical (unpaired) electrons. The molecule has 5 heterocycles. The topological polar surface area (TPSA) is 359 Å². The summed E-state index contributed by atoms with van der Waals surface area (Å²) in [5.74, 6) is 0. The van der Waals surface area contributed by atoms with Crippen molar-refractivity contribution in [1.29, 1.82) is 0 Å². The molecule has 366 valence electrons. The Morgan fingerprint density at radius 3 is 0.381 bits per heavy atom. The molecule has 0 saturated carbocycles.